The molecule has 7 nitrogen and oxygen atoms in total. The van der Waals surface area contributed by atoms with E-state index in [1.54, 1.807) is 55.5 Å². The van der Waals surface area contributed by atoms with Crippen LogP contribution < -0.4 is 10.1 Å². The summed E-state index contributed by atoms with van der Waals surface area (Å²) in [4.78, 5) is 23.8. The number of amides is 1. The van der Waals surface area contributed by atoms with Crippen molar-refractivity contribution >= 4 is 29.2 Å². The monoisotopic (exact) mass is 400 g/mol. The van der Waals surface area contributed by atoms with E-state index in [0.29, 0.717) is 27.8 Å². The van der Waals surface area contributed by atoms with Crippen molar-refractivity contribution in [2.45, 2.75) is 6.92 Å². The number of esters is 1. The number of hydrogen-bond acceptors (Lipinski definition) is 6. The van der Waals surface area contributed by atoms with Crippen molar-refractivity contribution in [3.8, 4) is 17.1 Å². The molecule has 3 aromatic rings. The van der Waals surface area contributed by atoms with Gasteiger partial charge in [-0.15, -0.1) is 0 Å². The average Bonchev–Trinajstić information content (AvgIpc) is 3.17. The molecule has 0 saturated carbocycles. The fourth-order valence-corrected chi connectivity index (χ4v) is 2.55. The molecule has 2 aromatic carbocycles. The summed E-state index contributed by atoms with van der Waals surface area (Å²) in [6.07, 6.45) is 0. The third-order valence-corrected chi connectivity index (χ3v) is 3.84. The van der Waals surface area contributed by atoms with Gasteiger partial charge in [-0.2, -0.15) is 0 Å². The average molecular weight is 401 g/mol. The van der Waals surface area contributed by atoms with Crippen LogP contribution in [0.2, 0.25) is 5.02 Å². The lowest BCUT2D eigenvalue weighted by molar-refractivity contribution is -0.145. The van der Waals surface area contributed by atoms with Crippen molar-refractivity contribution in [3.05, 3.63) is 65.3 Å². The predicted molar refractivity (Wildman–Crippen MR) is 103 cm³/mol. The van der Waals surface area contributed by atoms with Crippen molar-refractivity contribution in [2.24, 2.45) is 0 Å². The Morgan fingerprint density at radius 1 is 1.14 bits per heavy atom. The number of nitrogens with zero attached hydrogens (tertiary/aromatic N) is 1. The number of anilines is 1. The highest BCUT2D eigenvalue weighted by Gasteiger charge is 2.14. The number of benzene rings is 2. The second-order valence-corrected chi connectivity index (χ2v) is 6.10. The third-order valence-electron chi connectivity index (χ3n) is 3.61. The van der Waals surface area contributed by atoms with E-state index in [-0.39, 0.29) is 18.9 Å². The number of carbonyl (C=O) groups excluding carboxylic acids is 2. The first-order chi connectivity index (χ1) is 13.5. The second kappa shape index (κ2) is 9.05. The van der Waals surface area contributed by atoms with Crippen LogP contribution in [0.1, 0.15) is 17.4 Å². The van der Waals surface area contributed by atoms with Crippen LogP contribution in [0, 0.1) is 0 Å². The van der Waals surface area contributed by atoms with E-state index >= 15 is 0 Å². The lowest BCUT2D eigenvalue weighted by atomic mass is 10.1. The van der Waals surface area contributed by atoms with E-state index in [9.17, 15) is 9.59 Å². The normalized spacial score (nSPS) is 10.4. The van der Waals surface area contributed by atoms with E-state index in [1.807, 2.05) is 0 Å². The number of rotatable bonds is 7. The first kappa shape index (κ1) is 19.4. The maximum Gasteiger partial charge on any atom is 0.344 e. The van der Waals surface area contributed by atoms with Crippen molar-refractivity contribution in [1.82, 2.24) is 5.16 Å². The van der Waals surface area contributed by atoms with Crippen LogP contribution in [0.5, 0.6) is 5.75 Å². The molecule has 28 heavy (non-hydrogen) atoms. The fourth-order valence-electron chi connectivity index (χ4n) is 2.36. The van der Waals surface area contributed by atoms with E-state index in [2.05, 4.69) is 10.5 Å². The van der Waals surface area contributed by atoms with Crippen LogP contribution in [0.3, 0.4) is 0 Å². The van der Waals surface area contributed by atoms with Crippen molar-refractivity contribution in [1.29, 1.82) is 0 Å². The van der Waals surface area contributed by atoms with Crippen LogP contribution in [0.25, 0.3) is 11.3 Å². The Hall–Kier alpha value is -3.32. The molecule has 144 valence electrons. The number of halogens is 1. The van der Waals surface area contributed by atoms with Gasteiger partial charge in [0.25, 0.3) is 5.91 Å². The van der Waals surface area contributed by atoms with E-state index in [4.69, 9.17) is 25.6 Å². The molecule has 0 aliphatic rings. The van der Waals surface area contributed by atoms with Gasteiger partial charge in [0.15, 0.2) is 18.1 Å². The maximum atomic E-state index is 12.4. The number of aromatic nitrogens is 1. The number of nitrogens with one attached hydrogen (secondary N) is 1. The minimum atomic E-state index is -0.465. The molecule has 3 rings (SSSR count). The number of hydrogen-bond donors (Lipinski definition) is 1. The second-order valence-electron chi connectivity index (χ2n) is 5.66. The van der Waals surface area contributed by atoms with Gasteiger partial charge in [-0.25, -0.2) is 4.79 Å². The van der Waals surface area contributed by atoms with E-state index < -0.39 is 11.9 Å². The van der Waals surface area contributed by atoms with Gasteiger partial charge in [-0.3, -0.25) is 4.79 Å². The molecule has 0 bridgehead atoms. The zero-order valence-electron chi connectivity index (χ0n) is 15.0. The van der Waals surface area contributed by atoms with Gasteiger partial charge < -0.3 is 19.3 Å². The quantitative estimate of drug-likeness (QED) is 0.598. The van der Waals surface area contributed by atoms with Gasteiger partial charge in [0.2, 0.25) is 0 Å². The molecule has 1 N–H and O–H groups in total. The minimum absolute atomic E-state index is 0.118. The Morgan fingerprint density at radius 3 is 2.75 bits per heavy atom. The van der Waals surface area contributed by atoms with Gasteiger partial charge in [-0.1, -0.05) is 35.0 Å². The Labute approximate surface area is 166 Å². The Kier molecular flexibility index (Phi) is 6.29. The van der Waals surface area contributed by atoms with Crippen LogP contribution in [0.4, 0.5) is 5.69 Å². The van der Waals surface area contributed by atoms with E-state index in [0.717, 1.165) is 0 Å². The highest BCUT2D eigenvalue weighted by atomic mass is 35.5. The highest BCUT2D eigenvalue weighted by molar-refractivity contribution is 6.30. The van der Waals surface area contributed by atoms with Gasteiger partial charge in [-0.05, 0) is 31.2 Å². The molecule has 0 radical (unpaired) electrons. The van der Waals surface area contributed by atoms with Gasteiger partial charge >= 0.3 is 5.97 Å². The Balaban J connectivity index is 1.65. The first-order valence-electron chi connectivity index (χ1n) is 8.47. The molecule has 0 spiro atoms. The molecule has 1 aromatic heterocycles. The summed E-state index contributed by atoms with van der Waals surface area (Å²) in [5, 5.41) is 7.06. The molecule has 0 aliphatic heterocycles. The summed E-state index contributed by atoms with van der Waals surface area (Å²) in [6.45, 7) is 1.79. The van der Waals surface area contributed by atoms with Crippen molar-refractivity contribution < 1.29 is 23.6 Å². The minimum Gasteiger partial charge on any atom is -0.482 e. The molecular formula is C20H17ClN2O5. The van der Waals surface area contributed by atoms with Gasteiger partial charge in [0.1, 0.15) is 5.75 Å². The zero-order valence-corrected chi connectivity index (χ0v) is 15.7. The van der Waals surface area contributed by atoms with Crippen molar-refractivity contribution in [3.63, 3.8) is 0 Å². The summed E-state index contributed by atoms with van der Waals surface area (Å²) in [6, 6.07) is 15.2. The van der Waals surface area contributed by atoms with Crippen molar-refractivity contribution in [2.75, 3.05) is 18.5 Å². The Bertz CT molecular complexity index is 986. The number of carbonyl (C=O) groups is 2. The lowest BCUT2D eigenvalue weighted by Crippen LogP contribution is -2.15. The molecule has 1 heterocycles. The molecule has 8 heteroatoms. The summed E-state index contributed by atoms with van der Waals surface area (Å²) in [5.74, 6) is -0.0579. The summed E-state index contributed by atoms with van der Waals surface area (Å²) in [5.41, 5.74) is 1.32. The lowest BCUT2D eigenvalue weighted by Gasteiger charge is -2.08. The Morgan fingerprint density at radius 2 is 1.96 bits per heavy atom. The first-order valence-corrected chi connectivity index (χ1v) is 8.85. The fraction of sp³-hybridized carbons (Fsp3) is 0.150. The van der Waals surface area contributed by atoms with Gasteiger partial charge in [0, 0.05) is 28.4 Å². The molecule has 0 fully saturated rings. The van der Waals surface area contributed by atoms with Crippen LogP contribution in [-0.2, 0) is 9.53 Å². The largest absolute Gasteiger partial charge is 0.482 e. The molecule has 0 aliphatic carbocycles. The summed E-state index contributed by atoms with van der Waals surface area (Å²) >= 11 is 5.97. The molecular weight excluding hydrogens is 384 g/mol. The zero-order chi connectivity index (χ0) is 19.9. The summed E-state index contributed by atoms with van der Waals surface area (Å²) in [7, 11) is 0. The van der Waals surface area contributed by atoms with Crippen LogP contribution >= 0.6 is 11.6 Å². The highest BCUT2D eigenvalue weighted by Crippen LogP contribution is 2.24. The van der Waals surface area contributed by atoms with Gasteiger partial charge in [0.05, 0.1) is 6.61 Å². The number of ether oxygens (including phenoxy) is 2. The smallest absolute Gasteiger partial charge is 0.344 e. The van der Waals surface area contributed by atoms with Crippen LogP contribution in [0.15, 0.2) is 59.1 Å². The maximum absolute atomic E-state index is 12.4. The SMILES string of the molecule is CCOC(=O)COc1cccc(NC(=O)c2cc(-c3cccc(Cl)c3)on2)c1. The molecule has 0 unspecified atom stereocenters. The third kappa shape index (κ3) is 5.11. The van der Waals surface area contributed by atoms with Crippen LogP contribution in [-0.4, -0.2) is 30.2 Å². The van der Waals surface area contributed by atoms with E-state index in [1.165, 1.54) is 6.07 Å². The topological polar surface area (TPSA) is 90.7 Å². The standard InChI is InChI=1S/C20H17ClN2O5/c1-2-26-19(24)12-27-16-8-4-7-15(10-16)22-20(25)17-11-18(28-23-17)13-5-3-6-14(21)9-13/h3-11H,2,12H2,1H3,(H,22,25). The molecule has 0 atom stereocenters. The molecule has 0 saturated heterocycles. The molecule has 1 amide bonds. The predicted octanol–water partition coefficient (Wildman–Crippen LogP) is 4.19. The summed E-state index contributed by atoms with van der Waals surface area (Å²) < 4.78 is 15.4.